The zero-order chi connectivity index (χ0) is 14.1. The Bertz CT molecular complexity index is 645. The minimum Gasteiger partial charge on any atom is -0.327 e. The number of anilines is 1. The van der Waals surface area contributed by atoms with E-state index in [4.69, 9.17) is 5.73 Å². The number of nitrogens with one attached hydrogen (secondary N) is 1. The summed E-state index contributed by atoms with van der Waals surface area (Å²) in [5, 5.41) is 2.89. The van der Waals surface area contributed by atoms with Gasteiger partial charge in [0.1, 0.15) is 0 Å². The standard InChI is InChI=1S/C16H15BrN2O.ClH/c17-12-3-1-2-11(8-12)16(20)19-13-6-4-10(5-7-13)14-9-15(14)18;/h1-8,14-15H,9,18H2,(H,19,20);1H. The number of carbonyl (C=O) groups is 1. The lowest BCUT2D eigenvalue weighted by Gasteiger charge is -2.07. The quantitative estimate of drug-likeness (QED) is 0.863. The van der Waals surface area contributed by atoms with Crippen LogP contribution < -0.4 is 11.1 Å². The zero-order valence-corrected chi connectivity index (χ0v) is 13.7. The molecule has 2 aromatic rings. The Kier molecular flexibility index (Phi) is 5.04. The predicted octanol–water partition coefficient (Wildman–Crippen LogP) is 3.94. The number of benzene rings is 2. The van der Waals surface area contributed by atoms with Crippen molar-refractivity contribution in [2.24, 2.45) is 5.73 Å². The summed E-state index contributed by atoms with van der Waals surface area (Å²) in [7, 11) is 0. The lowest BCUT2D eigenvalue weighted by Crippen LogP contribution is -2.11. The van der Waals surface area contributed by atoms with Crippen molar-refractivity contribution in [2.45, 2.75) is 18.4 Å². The van der Waals surface area contributed by atoms with Gasteiger partial charge in [0.15, 0.2) is 0 Å². The molecule has 5 heteroatoms. The molecule has 3 nitrogen and oxygen atoms in total. The molecular weight excluding hydrogens is 352 g/mol. The highest BCUT2D eigenvalue weighted by molar-refractivity contribution is 9.10. The fraction of sp³-hybridized carbons (Fsp3) is 0.188. The second kappa shape index (κ2) is 6.60. The molecule has 0 spiro atoms. The zero-order valence-electron chi connectivity index (χ0n) is 11.3. The molecule has 0 radical (unpaired) electrons. The highest BCUT2D eigenvalue weighted by atomic mass is 79.9. The minimum atomic E-state index is -0.109. The number of amides is 1. The first-order chi connectivity index (χ1) is 9.63. The molecule has 3 N–H and O–H groups in total. The lowest BCUT2D eigenvalue weighted by molar-refractivity contribution is 0.102. The second-order valence-corrected chi connectivity index (χ2v) is 6.01. The van der Waals surface area contributed by atoms with Gasteiger partial charge in [-0.2, -0.15) is 0 Å². The predicted molar refractivity (Wildman–Crippen MR) is 91.1 cm³/mol. The van der Waals surface area contributed by atoms with E-state index in [0.29, 0.717) is 17.5 Å². The molecule has 0 saturated heterocycles. The molecule has 2 unspecified atom stereocenters. The van der Waals surface area contributed by atoms with Gasteiger partial charge in [0.05, 0.1) is 0 Å². The average molecular weight is 368 g/mol. The van der Waals surface area contributed by atoms with E-state index in [1.54, 1.807) is 12.1 Å². The summed E-state index contributed by atoms with van der Waals surface area (Å²) in [6.45, 7) is 0. The van der Waals surface area contributed by atoms with Crippen LogP contribution in [0.2, 0.25) is 0 Å². The summed E-state index contributed by atoms with van der Waals surface area (Å²) >= 11 is 3.36. The van der Waals surface area contributed by atoms with Gasteiger partial charge in [-0.1, -0.05) is 34.1 Å². The molecule has 1 aliphatic rings. The molecule has 0 bridgehead atoms. The molecule has 21 heavy (non-hydrogen) atoms. The van der Waals surface area contributed by atoms with E-state index >= 15 is 0 Å². The fourth-order valence-electron chi connectivity index (χ4n) is 2.24. The molecule has 0 heterocycles. The van der Waals surface area contributed by atoms with Crippen LogP contribution in [0.25, 0.3) is 0 Å². The molecule has 3 rings (SSSR count). The van der Waals surface area contributed by atoms with E-state index in [1.807, 2.05) is 36.4 Å². The molecule has 1 aliphatic carbocycles. The molecule has 1 saturated carbocycles. The van der Waals surface area contributed by atoms with Crippen molar-refractivity contribution in [2.75, 3.05) is 5.32 Å². The summed E-state index contributed by atoms with van der Waals surface area (Å²) in [5.41, 5.74) is 8.51. The number of hydrogen-bond donors (Lipinski definition) is 2. The normalized spacial score (nSPS) is 19.5. The molecule has 2 aromatic carbocycles. The molecule has 1 amide bonds. The molecule has 110 valence electrons. The Morgan fingerprint density at radius 2 is 1.86 bits per heavy atom. The Morgan fingerprint density at radius 1 is 1.19 bits per heavy atom. The maximum atomic E-state index is 12.1. The summed E-state index contributed by atoms with van der Waals surface area (Å²) < 4.78 is 0.892. The summed E-state index contributed by atoms with van der Waals surface area (Å²) in [6.07, 6.45) is 1.06. The molecule has 2 atom stereocenters. The van der Waals surface area contributed by atoms with Crippen LogP contribution in [-0.4, -0.2) is 11.9 Å². The van der Waals surface area contributed by atoms with Gasteiger partial charge in [0.2, 0.25) is 0 Å². The van der Waals surface area contributed by atoms with Crippen molar-refractivity contribution in [1.29, 1.82) is 0 Å². The highest BCUT2D eigenvalue weighted by Gasteiger charge is 2.34. The first-order valence-electron chi connectivity index (χ1n) is 6.56. The maximum Gasteiger partial charge on any atom is 0.255 e. The van der Waals surface area contributed by atoms with Crippen LogP contribution >= 0.6 is 28.3 Å². The largest absolute Gasteiger partial charge is 0.327 e. The minimum absolute atomic E-state index is 0. The van der Waals surface area contributed by atoms with Crippen molar-refractivity contribution in [3.63, 3.8) is 0 Å². The first-order valence-corrected chi connectivity index (χ1v) is 7.35. The van der Waals surface area contributed by atoms with E-state index in [9.17, 15) is 4.79 Å². The van der Waals surface area contributed by atoms with E-state index in [-0.39, 0.29) is 18.3 Å². The van der Waals surface area contributed by atoms with Crippen LogP contribution in [-0.2, 0) is 0 Å². The van der Waals surface area contributed by atoms with Gasteiger partial charge in [-0.3, -0.25) is 4.79 Å². The van der Waals surface area contributed by atoms with Crippen LogP contribution in [0, 0.1) is 0 Å². The smallest absolute Gasteiger partial charge is 0.255 e. The van der Waals surface area contributed by atoms with Gasteiger partial charge in [-0.15, -0.1) is 12.4 Å². The van der Waals surface area contributed by atoms with Crippen LogP contribution in [0.5, 0.6) is 0 Å². The average Bonchev–Trinajstić information content (AvgIpc) is 3.17. The Hall–Kier alpha value is -1.36. The molecule has 0 aromatic heterocycles. The van der Waals surface area contributed by atoms with E-state index in [2.05, 4.69) is 21.2 Å². The van der Waals surface area contributed by atoms with Crippen molar-refractivity contribution in [1.82, 2.24) is 0 Å². The topological polar surface area (TPSA) is 55.1 Å². The van der Waals surface area contributed by atoms with E-state index in [1.165, 1.54) is 5.56 Å². The second-order valence-electron chi connectivity index (χ2n) is 5.09. The number of rotatable bonds is 3. The van der Waals surface area contributed by atoms with Crippen molar-refractivity contribution in [3.05, 3.63) is 64.1 Å². The molecular formula is C16H16BrClN2O. The first kappa shape index (κ1) is 16.0. The van der Waals surface area contributed by atoms with Gasteiger partial charge in [0.25, 0.3) is 5.91 Å². The highest BCUT2D eigenvalue weighted by Crippen LogP contribution is 2.39. The van der Waals surface area contributed by atoms with Gasteiger partial charge in [0, 0.05) is 27.7 Å². The number of hydrogen-bond acceptors (Lipinski definition) is 2. The van der Waals surface area contributed by atoms with Crippen LogP contribution in [0.1, 0.15) is 28.3 Å². The van der Waals surface area contributed by atoms with Gasteiger partial charge < -0.3 is 11.1 Å². The Balaban J connectivity index is 0.00000161. The van der Waals surface area contributed by atoms with Crippen LogP contribution in [0.3, 0.4) is 0 Å². The number of carbonyl (C=O) groups excluding carboxylic acids is 1. The third-order valence-corrected chi connectivity index (χ3v) is 4.02. The van der Waals surface area contributed by atoms with Crippen LogP contribution in [0.4, 0.5) is 5.69 Å². The van der Waals surface area contributed by atoms with Gasteiger partial charge in [-0.25, -0.2) is 0 Å². The molecule has 1 fully saturated rings. The Labute approximate surface area is 138 Å². The van der Waals surface area contributed by atoms with Gasteiger partial charge >= 0.3 is 0 Å². The number of halogens is 2. The van der Waals surface area contributed by atoms with E-state index < -0.39 is 0 Å². The molecule has 0 aliphatic heterocycles. The van der Waals surface area contributed by atoms with E-state index in [0.717, 1.165) is 16.6 Å². The van der Waals surface area contributed by atoms with Crippen LogP contribution in [0.15, 0.2) is 53.0 Å². The third-order valence-electron chi connectivity index (χ3n) is 3.52. The van der Waals surface area contributed by atoms with Gasteiger partial charge in [-0.05, 0) is 42.3 Å². The van der Waals surface area contributed by atoms with Crippen molar-refractivity contribution < 1.29 is 4.79 Å². The van der Waals surface area contributed by atoms with Crippen molar-refractivity contribution >= 4 is 39.9 Å². The fourth-order valence-corrected chi connectivity index (χ4v) is 2.64. The SMILES string of the molecule is Cl.NC1CC1c1ccc(NC(=O)c2cccc(Br)c2)cc1. The summed E-state index contributed by atoms with van der Waals surface area (Å²) in [4.78, 5) is 12.1. The number of nitrogens with two attached hydrogens (primary N) is 1. The Morgan fingerprint density at radius 3 is 2.43 bits per heavy atom. The summed E-state index contributed by atoms with van der Waals surface area (Å²) in [5.74, 6) is 0.381. The third kappa shape index (κ3) is 3.84. The van der Waals surface area contributed by atoms with Crippen molar-refractivity contribution in [3.8, 4) is 0 Å². The monoisotopic (exact) mass is 366 g/mol. The lowest BCUT2D eigenvalue weighted by atomic mass is 10.1. The maximum absolute atomic E-state index is 12.1. The summed E-state index contributed by atoms with van der Waals surface area (Å²) in [6, 6.07) is 15.6.